The minimum atomic E-state index is -0.288. The Kier molecular flexibility index (Phi) is 4.39. The molecule has 0 saturated heterocycles. The molecule has 8 heteroatoms. The minimum Gasteiger partial charge on any atom is -0.484 e. The van der Waals surface area contributed by atoms with Crippen LogP contribution in [-0.2, 0) is 11.8 Å². The van der Waals surface area contributed by atoms with Crippen LogP contribution in [0.5, 0.6) is 5.75 Å². The summed E-state index contributed by atoms with van der Waals surface area (Å²) in [5, 5.41) is 18.0. The number of hydrogen-bond acceptors (Lipinski definition) is 5. The molecule has 21 heavy (non-hydrogen) atoms. The van der Waals surface area contributed by atoms with Gasteiger partial charge in [-0.1, -0.05) is 5.16 Å². The lowest BCUT2D eigenvalue weighted by molar-refractivity contribution is -0.118. The summed E-state index contributed by atoms with van der Waals surface area (Å²) in [6.45, 7) is -0.127. The van der Waals surface area contributed by atoms with Gasteiger partial charge in [0.25, 0.3) is 5.91 Å². The molecule has 0 bridgehead atoms. The van der Waals surface area contributed by atoms with Gasteiger partial charge in [0.2, 0.25) is 0 Å². The van der Waals surface area contributed by atoms with Gasteiger partial charge in [0, 0.05) is 18.8 Å². The molecule has 2 aromatic rings. The highest BCUT2D eigenvalue weighted by Gasteiger charge is 2.05. The molecule has 0 aliphatic heterocycles. The van der Waals surface area contributed by atoms with Gasteiger partial charge in [0.15, 0.2) is 12.4 Å². The van der Waals surface area contributed by atoms with E-state index in [2.05, 4.69) is 15.6 Å². The van der Waals surface area contributed by atoms with Gasteiger partial charge in [-0.15, -0.1) is 0 Å². The Morgan fingerprint density at radius 1 is 1.48 bits per heavy atom. The molecule has 0 unspecified atom stereocenters. The summed E-state index contributed by atoms with van der Waals surface area (Å²) in [4.78, 5) is 11.7. The maximum absolute atomic E-state index is 11.7. The van der Waals surface area contributed by atoms with E-state index < -0.39 is 0 Å². The maximum Gasteiger partial charge on any atom is 0.262 e. The number of rotatable bonds is 5. The number of carbonyl (C=O) groups is 1. The Bertz CT molecular complexity index is 648. The zero-order valence-electron chi connectivity index (χ0n) is 11.4. The number of hydrogen-bond donors (Lipinski definition) is 3. The maximum atomic E-state index is 11.7. The van der Waals surface area contributed by atoms with Gasteiger partial charge in [-0.25, -0.2) is 0 Å². The second-order valence-corrected chi connectivity index (χ2v) is 4.25. The van der Waals surface area contributed by atoms with E-state index in [4.69, 9.17) is 15.7 Å². The number of aromatic nitrogens is 2. The number of nitrogens with zero attached hydrogens (tertiary/aromatic N) is 3. The number of nitrogens with one attached hydrogen (secondary N) is 1. The van der Waals surface area contributed by atoms with Gasteiger partial charge in [-0.05, 0) is 24.3 Å². The van der Waals surface area contributed by atoms with Crippen LogP contribution < -0.4 is 15.8 Å². The van der Waals surface area contributed by atoms with Crippen molar-refractivity contribution in [2.75, 3.05) is 11.9 Å². The Morgan fingerprint density at radius 2 is 2.19 bits per heavy atom. The molecule has 0 spiro atoms. The molecule has 1 heterocycles. The third-order valence-electron chi connectivity index (χ3n) is 2.62. The van der Waals surface area contributed by atoms with E-state index in [-0.39, 0.29) is 18.3 Å². The van der Waals surface area contributed by atoms with Crippen molar-refractivity contribution >= 4 is 17.4 Å². The van der Waals surface area contributed by atoms with Crippen molar-refractivity contribution in [3.8, 4) is 5.75 Å². The van der Waals surface area contributed by atoms with Crippen molar-refractivity contribution in [1.82, 2.24) is 9.78 Å². The Balaban J connectivity index is 1.86. The Labute approximate surface area is 120 Å². The van der Waals surface area contributed by atoms with Crippen molar-refractivity contribution in [2.24, 2.45) is 17.9 Å². The summed E-state index contributed by atoms with van der Waals surface area (Å²) >= 11 is 0. The molecule has 0 fully saturated rings. The van der Waals surface area contributed by atoms with E-state index >= 15 is 0 Å². The van der Waals surface area contributed by atoms with Crippen LogP contribution in [0.4, 0.5) is 5.69 Å². The number of oxime groups is 1. The molecule has 4 N–H and O–H groups in total. The van der Waals surface area contributed by atoms with Gasteiger partial charge >= 0.3 is 0 Å². The molecular formula is C13H15N5O3. The largest absolute Gasteiger partial charge is 0.484 e. The summed E-state index contributed by atoms with van der Waals surface area (Å²) in [5.41, 5.74) is 6.61. The first-order valence-electron chi connectivity index (χ1n) is 6.08. The Hall–Kier alpha value is -3.03. The topological polar surface area (TPSA) is 115 Å². The van der Waals surface area contributed by atoms with E-state index in [0.29, 0.717) is 17.0 Å². The first kappa shape index (κ1) is 14.4. The van der Waals surface area contributed by atoms with Crippen molar-refractivity contribution in [3.63, 3.8) is 0 Å². The average Bonchev–Trinajstić information content (AvgIpc) is 2.90. The monoisotopic (exact) mass is 289 g/mol. The molecule has 1 aromatic carbocycles. The smallest absolute Gasteiger partial charge is 0.262 e. The third-order valence-corrected chi connectivity index (χ3v) is 2.62. The second-order valence-electron chi connectivity index (χ2n) is 4.25. The number of amidine groups is 1. The molecule has 0 aliphatic rings. The lowest BCUT2D eigenvalue weighted by Gasteiger charge is -2.06. The van der Waals surface area contributed by atoms with Crippen molar-refractivity contribution in [2.45, 2.75) is 0 Å². The number of nitrogens with two attached hydrogens (primary N) is 1. The highest BCUT2D eigenvalue weighted by atomic mass is 16.5. The quantitative estimate of drug-likeness (QED) is 0.321. The minimum absolute atomic E-state index is 0.0101. The van der Waals surface area contributed by atoms with Crippen LogP contribution in [0.3, 0.4) is 0 Å². The summed E-state index contributed by atoms with van der Waals surface area (Å²) in [5.74, 6) is 0.227. The number of carbonyl (C=O) groups excluding carboxylic acids is 1. The fourth-order valence-corrected chi connectivity index (χ4v) is 1.61. The molecular weight excluding hydrogens is 274 g/mol. The fourth-order valence-electron chi connectivity index (χ4n) is 1.61. The first-order chi connectivity index (χ1) is 10.1. The summed E-state index contributed by atoms with van der Waals surface area (Å²) < 4.78 is 6.92. The second kappa shape index (κ2) is 6.42. The SMILES string of the molecule is Cn1cc(NC(=O)COc2ccc(/C(N)=N/O)cc2)cn1. The third kappa shape index (κ3) is 3.96. The van der Waals surface area contributed by atoms with Gasteiger partial charge in [-0.3, -0.25) is 9.48 Å². The fraction of sp³-hybridized carbons (Fsp3) is 0.154. The number of amides is 1. The van der Waals surface area contributed by atoms with Crippen LogP contribution >= 0.6 is 0 Å². The predicted molar refractivity (Wildman–Crippen MR) is 76.3 cm³/mol. The van der Waals surface area contributed by atoms with Crippen LogP contribution in [0.25, 0.3) is 0 Å². The zero-order valence-corrected chi connectivity index (χ0v) is 11.4. The average molecular weight is 289 g/mol. The highest BCUT2D eigenvalue weighted by molar-refractivity contribution is 5.97. The summed E-state index contributed by atoms with van der Waals surface area (Å²) in [6.07, 6.45) is 3.23. The summed E-state index contributed by atoms with van der Waals surface area (Å²) in [7, 11) is 1.76. The van der Waals surface area contributed by atoms with Crippen molar-refractivity contribution < 1.29 is 14.7 Å². The van der Waals surface area contributed by atoms with Crippen LogP contribution in [0.1, 0.15) is 5.56 Å². The van der Waals surface area contributed by atoms with Crippen LogP contribution in [0, 0.1) is 0 Å². The number of ether oxygens (including phenoxy) is 1. The van der Waals surface area contributed by atoms with E-state index in [1.807, 2.05) is 0 Å². The Morgan fingerprint density at radius 3 is 2.76 bits per heavy atom. The highest BCUT2D eigenvalue weighted by Crippen LogP contribution is 2.12. The summed E-state index contributed by atoms with van der Waals surface area (Å²) in [6, 6.07) is 6.52. The molecule has 0 atom stereocenters. The predicted octanol–water partition coefficient (Wildman–Crippen LogP) is 0.532. The van der Waals surface area contributed by atoms with Crippen LogP contribution in [0.15, 0.2) is 41.8 Å². The molecule has 0 saturated carbocycles. The molecule has 1 amide bonds. The number of aryl methyl sites for hydroxylation is 1. The zero-order chi connectivity index (χ0) is 15.2. The number of benzene rings is 1. The van der Waals surface area contributed by atoms with Crippen molar-refractivity contribution in [3.05, 3.63) is 42.2 Å². The van der Waals surface area contributed by atoms with Gasteiger partial charge < -0.3 is 21.0 Å². The van der Waals surface area contributed by atoms with Gasteiger partial charge in [0.05, 0.1) is 11.9 Å². The molecule has 1 aromatic heterocycles. The van der Waals surface area contributed by atoms with E-state index in [1.54, 1.807) is 48.4 Å². The van der Waals surface area contributed by atoms with Crippen molar-refractivity contribution in [1.29, 1.82) is 0 Å². The molecule has 0 radical (unpaired) electrons. The van der Waals surface area contributed by atoms with E-state index in [1.165, 1.54) is 0 Å². The molecule has 0 aliphatic carbocycles. The molecule has 8 nitrogen and oxygen atoms in total. The van der Waals surface area contributed by atoms with E-state index in [0.717, 1.165) is 0 Å². The lowest BCUT2D eigenvalue weighted by atomic mass is 10.2. The van der Waals surface area contributed by atoms with Crippen LogP contribution in [-0.4, -0.2) is 33.3 Å². The van der Waals surface area contributed by atoms with Gasteiger partial charge in [0.1, 0.15) is 5.75 Å². The molecule has 110 valence electrons. The number of anilines is 1. The van der Waals surface area contributed by atoms with Gasteiger partial charge in [-0.2, -0.15) is 5.10 Å². The lowest BCUT2D eigenvalue weighted by Crippen LogP contribution is -2.20. The standard InChI is InChI=1S/C13H15N5O3/c1-18-7-10(6-15-18)16-12(19)8-21-11-4-2-9(3-5-11)13(14)17-20/h2-7,20H,8H2,1H3,(H2,14,17)(H,16,19). The molecule has 2 rings (SSSR count). The van der Waals surface area contributed by atoms with E-state index in [9.17, 15) is 4.79 Å². The first-order valence-corrected chi connectivity index (χ1v) is 6.08. The normalized spacial score (nSPS) is 11.2. The van der Waals surface area contributed by atoms with Crippen LogP contribution in [0.2, 0.25) is 0 Å².